The Morgan fingerprint density at radius 3 is 2.94 bits per heavy atom. The summed E-state index contributed by atoms with van der Waals surface area (Å²) in [7, 11) is 0. The molecule has 0 aliphatic carbocycles. The average Bonchev–Trinajstić information content (AvgIpc) is 2.36. The van der Waals surface area contributed by atoms with E-state index in [1.165, 1.54) is 0 Å². The van der Waals surface area contributed by atoms with Crippen LogP contribution in [0.2, 0.25) is 0 Å². The second kappa shape index (κ2) is 5.04. The maximum Gasteiger partial charge on any atom is 0.308 e. The average molecular weight is 244 g/mol. The highest BCUT2D eigenvalue weighted by atomic mass is 16.4. The number of hydrogen-bond donors (Lipinski definition) is 2. The monoisotopic (exact) mass is 244 g/mol. The number of benzene rings is 1. The SMILES string of the molecule is Cc1ccnc2c(NC[C@@H](C)C(=O)O)cccc12. The lowest BCUT2D eigenvalue weighted by atomic mass is 10.1. The summed E-state index contributed by atoms with van der Waals surface area (Å²) in [5.41, 5.74) is 2.93. The number of aryl methyl sites for hydroxylation is 1. The minimum Gasteiger partial charge on any atom is -0.481 e. The molecule has 0 saturated heterocycles. The third-order valence-corrected chi connectivity index (χ3v) is 3.01. The zero-order valence-electron chi connectivity index (χ0n) is 10.5. The van der Waals surface area contributed by atoms with Crippen LogP contribution in [0.1, 0.15) is 12.5 Å². The first-order chi connectivity index (χ1) is 8.59. The highest BCUT2D eigenvalue weighted by molar-refractivity contribution is 5.92. The van der Waals surface area contributed by atoms with Crippen molar-refractivity contribution in [3.63, 3.8) is 0 Å². The van der Waals surface area contributed by atoms with E-state index in [-0.39, 0.29) is 0 Å². The van der Waals surface area contributed by atoms with Crippen molar-refractivity contribution in [1.82, 2.24) is 4.98 Å². The van der Waals surface area contributed by atoms with Crippen LogP contribution in [0.5, 0.6) is 0 Å². The number of nitrogens with zero attached hydrogens (tertiary/aromatic N) is 1. The van der Waals surface area contributed by atoms with E-state index in [0.29, 0.717) is 6.54 Å². The van der Waals surface area contributed by atoms with Gasteiger partial charge in [-0.3, -0.25) is 9.78 Å². The van der Waals surface area contributed by atoms with E-state index < -0.39 is 11.9 Å². The fourth-order valence-corrected chi connectivity index (χ4v) is 1.81. The Labute approximate surface area is 106 Å². The molecule has 1 atom stereocenters. The van der Waals surface area contributed by atoms with Crippen LogP contribution in [0.3, 0.4) is 0 Å². The lowest BCUT2D eigenvalue weighted by molar-refractivity contribution is -0.140. The predicted octanol–water partition coefficient (Wildman–Crippen LogP) is 2.68. The molecule has 0 bridgehead atoms. The fourth-order valence-electron chi connectivity index (χ4n) is 1.81. The molecule has 1 aromatic carbocycles. The summed E-state index contributed by atoms with van der Waals surface area (Å²) in [5, 5.41) is 13.1. The highest BCUT2D eigenvalue weighted by Crippen LogP contribution is 2.23. The fraction of sp³-hybridized carbons (Fsp3) is 0.286. The Morgan fingerprint density at radius 1 is 1.44 bits per heavy atom. The van der Waals surface area contributed by atoms with E-state index in [1.807, 2.05) is 31.2 Å². The molecule has 0 unspecified atom stereocenters. The maximum atomic E-state index is 10.8. The zero-order chi connectivity index (χ0) is 13.1. The summed E-state index contributed by atoms with van der Waals surface area (Å²) < 4.78 is 0. The van der Waals surface area contributed by atoms with E-state index in [2.05, 4.69) is 10.3 Å². The van der Waals surface area contributed by atoms with Crippen molar-refractivity contribution >= 4 is 22.6 Å². The Kier molecular flexibility index (Phi) is 3.46. The van der Waals surface area contributed by atoms with Crippen molar-refractivity contribution in [3.05, 3.63) is 36.0 Å². The summed E-state index contributed by atoms with van der Waals surface area (Å²) in [4.78, 5) is 15.1. The van der Waals surface area contributed by atoms with E-state index >= 15 is 0 Å². The first-order valence-electron chi connectivity index (χ1n) is 5.90. The quantitative estimate of drug-likeness (QED) is 0.868. The minimum atomic E-state index is -0.799. The molecule has 4 heteroatoms. The molecule has 0 saturated carbocycles. The zero-order valence-corrected chi connectivity index (χ0v) is 10.5. The number of pyridine rings is 1. The Morgan fingerprint density at radius 2 is 2.22 bits per heavy atom. The van der Waals surface area contributed by atoms with Gasteiger partial charge in [0.2, 0.25) is 0 Å². The van der Waals surface area contributed by atoms with E-state index in [9.17, 15) is 4.79 Å². The molecule has 94 valence electrons. The lowest BCUT2D eigenvalue weighted by Gasteiger charge is -2.12. The molecule has 0 aliphatic heterocycles. The molecule has 0 amide bonds. The van der Waals surface area contributed by atoms with Gasteiger partial charge in [-0.1, -0.05) is 19.1 Å². The molecule has 0 fully saturated rings. The smallest absolute Gasteiger partial charge is 0.308 e. The van der Waals surface area contributed by atoms with Crippen molar-refractivity contribution in [2.75, 3.05) is 11.9 Å². The van der Waals surface area contributed by atoms with Crippen LogP contribution >= 0.6 is 0 Å². The van der Waals surface area contributed by atoms with Crippen LogP contribution in [0.4, 0.5) is 5.69 Å². The molecule has 0 aliphatic rings. The van der Waals surface area contributed by atoms with Crippen LogP contribution in [-0.2, 0) is 4.79 Å². The summed E-state index contributed by atoms with van der Waals surface area (Å²) >= 11 is 0. The number of fused-ring (bicyclic) bond motifs is 1. The van der Waals surface area contributed by atoms with Crippen molar-refractivity contribution < 1.29 is 9.90 Å². The van der Waals surface area contributed by atoms with E-state index in [0.717, 1.165) is 22.2 Å². The number of carboxylic acids is 1. The summed E-state index contributed by atoms with van der Waals surface area (Å²) in [6, 6.07) is 7.85. The molecule has 18 heavy (non-hydrogen) atoms. The number of hydrogen-bond acceptors (Lipinski definition) is 3. The van der Waals surface area contributed by atoms with Crippen molar-refractivity contribution in [2.24, 2.45) is 5.92 Å². The van der Waals surface area contributed by atoms with Crippen molar-refractivity contribution in [1.29, 1.82) is 0 Å². The Balaban J connectivity index is 2.29. The van der Waals surface area contributed by atoms with Crippen LogP contribution in [0, 0.1) is 12.8 Å². The summed E-state index contributed by atoms with van der Waals surface area (Å²) in [6.45, 7) is 4.11. The molecule has 1 heterocycles. The molecular formula is C14H16N2O2. The summed E-state index contributed by atoms with van der Waals surface area (Å²) in [5.74, 6) is -1.23. The van der Waals surface area contributed by atoms with Gasteiger partial charge in [0.25, 0.3) is 0 Å². The van der Waals surface area contributed by atoms with Gasteiger partial charge in [0, 0.05) is 18.1 Å². The number of anilines is 1. The number of carboxylic acid groups (broad SMARTS) is 1. The van der Waals surface area contributed by atoms with Gasteiger partial charge < -0.3 is 10.4 Å². The topological polar surface area (TPSA) is 62.2 Å². The largest absolute Gasteiger partial charge is 0.481 e. The molecule has 0 spiro atoms. The molecule has 2 N–H and O–H groups in total. The van der Waals surface area contributed by atoms with Crippen molar-refractivity contribution in [2.45, 2.75) is 13.8 Å². The van der Waals surface area contributed by atoms with Crippen LogP contribution in [0.15, 0.2) is 30.5 Å². The number of aromatic nitrogens is 1. The molecule has 2 rings (SSSR count). The van der Waals surface area contributed by atoms with Gasteiger partial charge in [0.1, 0.15) is 0 Å². The highest BCUT2D eigenvalue weighted by Gasteiger charge is 2.11. The lowest BCUT2D eigenvalue weighted by Crippen LogP contribution is -2.19. The molecule has 4 nitrogen and oxygen atoms in total. The first-order valence-corrected chi connectivity index (χ1v) is 5.90. The number of rotatable bonds is 4. The second-order valence-corrected chi connectivity index (χ2v) is 4.45. The first kappa shape index (κ1) is 12.4. The van der Waals surface area contributed by atoms with Gasteiger partial charge in [-0.15, -0.1) is 0 Å². The van der Waals surface area contributed by atoms with Gasteiger partial charge in [-0.25, -0.2) is 0 Å². The van der Waals surface area contributed by atoms with Crippen molar-refractivity contribution in [3.8, 4) is 0 Å². The Bertz CT molecular complexity index is 581. The van der Waals surface area contributed by atoms with Crippen LogP contribution < -0.4 is 5.32 Å². The molecule has 1 aromatic heterocycles. The van der Waals surface area contributed by atoms with Gasteiger partial charge in [0.15, 0.2) is 0 Å². The minimum absolute atomic E-state index is 0.393. The van der Waals surface area contributed by atoms with Crippen LogP contribution in [-0.4, -0.2) is 22.6 Å². The number of aliphatic carboxylic acids is 1. The standard InChI is InChI=1S/C14H16N2O2/c1-9-6-7-15-13-11(9)4-3-5-12(13)16-8-10(2)14(17)18/h3-7,10,16H,8H2,1-2H3,(H,17,18)/t10-/m1/s1. The van der Waals surface area contributed by atoms with Gasteiger partial charge in [-0.05, 0) is 24.6 Å². The normalized spacial score (nSPS) is 12.3. The molecule has 0 radical (unpaired) electrons. The number of para-hydroxylation sites is 1. The van der Waals surface area contributed by atoms with Gasteiger partial charge >= 0.3 is 5.97 Å². The number of nitrogens with one attached hydrogen (secondary N) is 1. The maximum absolute atomic E-state index is 10.8. The predicted molar refractivity (Wildman–Crippen MR) is 71.8 cm³/mol. The Hall–Kier alpha value is -2.10. The van der Waals surface area contributed by atoms with E-state index in [4.69, 9.17) is 5.11 Å². The number of carbonyl (C=O) groups is 1. The van der Waals surface area contributed by atoms with Gasteiger partial charge in [0.05, 0.1) is 17.1 Å². The van der Waals surface area contributed by atoms with Gasteiger partial charge in [-0.2, -0.15) is 0 Å². The third kappa shape index (κ3) is 2.42. The van der Waals surface area contributed by atoms with Crippen LogP contribution in [0.25, 0.3) is 10.9 Å². The molecular weight excluding hydrogens is 228 g/mol. The second-order valence-electron chi connectivity index (χ2n) is 4.45. The molecule has 2 aromatic rings. The third-order valence-electron chi connectivity index (χ3n) is 3.01. The van der Waals surface area contributed by atoms with E-state index in [1.54, 1.807) is 13.1 Å². The summed E-state index contributed by atoms with van der Waals surface area (Å²) in [6.07, 6.45) is 1.77.